The number of fused-ring (bicyclic) bond motifs is 1. The average molecular weight is 469 g/mol. The van der Waals surface area contributed by atoms with Crippen LogP contribution in [0.1, 0.15) is 29.9 Å². The van der Waals surface area contributed by atoms with Crippen LogP contribution in [-0.4, -0.2) is 45.9 Å². The highest BCUT2D eigenvalue weighted by Gasteiger charge is 2.23. The van der Waals surface area contributed by atoms with E-state index in [1.807, 2.05) is 48.5 Å². The van der Waals surface area contributed by atoms with Crippen LogP contribution >= 0.6 is 0 Å². The molecule has 5 rings (SSSR count). The molecular formula is C28H28N4O3. The first kappa shape index (κ1) is 23.0. The van der Waals surface area contributed by atoms with Gasteiger partial charge < -0.3 is 10.1 Å². The standard InChI is InChI=1S/C28H28N4O3/c1-19-16-31(17-20(2)35-19)18-21-10-6-9-15-25(21)29-27(33)26-23-13-7-8-14-24(23)28(34)32(30-26)22-11-4-3-5-12-22/h3-15,19-20H,16-18H2,1-2H3,(H,29,33). The summed E-state index contributed by atoms with van der Waals surface area (Å²) in [4.78, 5) is 29.0. The molecule has 1 N–H and O–H groups in total. The van der Waals surface area contributed by atoms with Gasteiger partial charge in [-0.2, -0.15) is 9.78 Å². The zero-order valence-corrected chi connectivity index (χ0v) is 19.8. The molecule has 0 aliphatic carbocycles. The molecule has 3 aromatic carbocycles. The fourth-order valence-electron chi connectivity index (χ4n) is 4.72. The Balaban J connectivity index is 1.49. The summed E-state index contributed by atoms with van der Waals surface area (Å²) in [6.07, 6.45) is 0.324. The van der Waals surface area contributed by atoms with E-state index in [9.17, 15) is 9.59 Å². The molecule has 1 fully saturated rings. The molecule has 0 radical (unpaired) electrons. The number of hydrogen-bond acceptors (Lipinski definition) is 5. The third kappa shape index (κ3) is 4.87. The number of nitrogens with one attached hydrogen (secondary N) is 1. The Labute approximate surface area is 204 Å². The van der Waals surface area contributed by atoms with Crippen molar-refractivity contribution in [3.8, 4) is 5.69 Å². The summed E-state index contributed by atoms with van der Waals surface area (Å²) in [5.74, 6) is -0.359. The predicted octanol–water partition coefficient (Wildman–Crippen LogP) is 4.25. The monoisotopic (exact) mass is 468 g/mol. The molecule has 1 aliphatic rings. The maximum atomic E-state index is 13.5. The zero-order chi connectivity index (χ0) is 24.4. The second-order valence-electron chi connectivity index (χ2n) is 9.01. The van der Waals surface area contributed by atoms with Crippen LogP contribution in [0.3, 0.4) is 0 Å². The molecular weight excluding hydrogens is 440 g/mol. The van der Waals surface area contributed by atoms with Crippen LogP contribution in [0.2, 0.25) is 0 Å². The van der Waals surface area contributed by atoms with E-state index >= 15 is 0 Å². The molecule has 0 bridgehead atoms. The van der Waals surface area contributed by atoms with Crippen LogP contribution in [-0.2, 0) is 11.3 Å². The quantitative estimate of drug-likeness (QED) is 0.474. The number of ether oxygens (including phenoxy) is 1. The molecule has 1 aromatic heterocycles. The highest BCUT2D eigenvalue weighted by molar-refractivity contribution is 6.11. The van der Waals surface area contributed by atoms with Crippen LogP contribution in [0.4, 0.5) is 5.69 Å². The molecule has 4 aromatic rings. The van der Waals surface area contributed by atoms with Crippen molar-refractivity contribution in [2.45, 2.75) is 32.6 Å². The van der Waals surface area contributed by atoms with Crippen molar-refractivity contribution < 1.29 is 9.53 Å². The van der Waals surface area contributed by atoms with E-state index in [0.29, 0.717) is 23.0 Å². The van der Waals surface area contributed by atoms with Crippen LogP contribution in [0.25, 0.3) is 16.5 Å². The summed E-state index contributed by atoms with van der Waals surface area (Å²) in [6.45, 7) is 6.53. The Hall–Kier alpha value is -3.81. The second-order valence-corrected chi connectivity index (χ2v) is 9.01. The Kier molecular flexibility index (Phi) is 6.44. The van der Waals surface area contributed by atoms with Crippen molar-refractivity contribution in [3.05, 3.63) is 100 Å². The van der Waals surface area contributed by atoms with E-state index in [0.717, 1.165) is 24.3 Å². The smallest absolute Gasteiger partial charge is 0.279 e. The van der Waals surface area contributed by atoms with E-state index in [-0.39, 0.29) is 29.4 Å². The number of carbonyl (C=O) groups is 1. The summed E-state index contributed by atoms with van der Waals surface area (Å²) >= 11 is 0. The van der Waals surface area contributed by atoms with Gasteiger partial charge in [0.25, 0.3) is 11.5 Å². The van der Waals surface area contributed by atoms with E-state index in [1.54, 1.807) is 30.3 Å². The van der Waals surface area contributed by atoms with Gasteiger partial charge in [-0.15, -0.1) is 0 Å². The molecule has 2 atom stereocenters. The number of benzene rings is 3. The van der Waals surface area contributed by atoms with Gasteiger partial charge >= 0.3 is 0 Å². The average Bonchev–Trinajstić information content (AvgIpc) is 2.85. The van der Waals surface area contributed by atoms with E-state index in [2.05, 4.69) is 29.2 Å². The number of morpholine rings is 1. The number of rotatable bonds is 5. The normalized spacial score (nSPS) is 18.5. The summed E-state index contributed by atoms with van der Waals surface area (Å²) in [5.41, 5.74) is 2.29. The summed E-state index contributed by atoms with van der Waals surface area (Å²) in [5, 5.41) is 8.52. The molecule has 35 heavy (non-hydrogen) atoms. The minimum absolute atomic E-state index is 0.162. The van der Waals surface area contributed by atoms with Crippen molar-refractivity contribution in [2.24, 2.45) is 0 Å². The molecule has 1 aliphatic heterocycles. The van der Waals surface area contributed by atoms with Gasteiger partial charge in [0, 0.05) is 30.7 Å². The molecule has 2 unspecified atom stereocenters. The van der Waals surface area contributed by atoms with Crippen LogP contribution in [0, 0.1) is 0 Å². The van der Waals surface area contributed by atoms with Gasteiger partial charge in [0.2, 0.25) is 0 Å². The minimum Gasteiger partial charge on any atom is -0.373 e. The van der Waals surface area contributed by atoms with Gasteiger partial charge in [-0.3, -0.25) is 14.5 Å². The SMILES string of the molecule is CC1CN(Cc2ccccc2NC(=O)c2nn(-c3ccccc3)c(=O)c3ccccc23)CC(C)O1. The van der Waals surface area contributed by atoms with Gasteiger partial charge in [0.1, 0.15) is 0 Å². The van der Waals surface area contributed by atoms with E-state index in [4.69, 9.17) is 4.74 Å². The predicted molar refractivity (Wildman–Crippen MR) is 137 cm³/mol. The van der Waals surface area contributed by atoms with Gasteiger partial charge in [0.15, 0.2) is 5.69 Å². The minimum atomic E-state index is -0.359. The molecule has 1 saturated heterocycles. The number of amides is 1. The number of aromatic nitrogens is 2. The summed E-state index contributed by atoms with van der Waals surface area (Å²) in [6, 6.07) is 24.0. The fraction of sp³-hybridized carbons (Fsp3) is 0.250. The Bertz CT molecular complexity index is 1410. The lowest BCUT2D eigenvalue weighted by molar-refractivity contribution is -0.0704. The van der Waals surface area contributed by atoms with Gasteiger partial charge in [-0.05, 0) is 43.7 Å². The maximum Gasteiger partial charge on any atom is 0.279 e. The van der Waals surface area contributed by atoms with Gasteiger partial charge in [0.05, 0.1) is 23.3 Å². The number of carbonyl (C=O) groups excluding carboxylic acids is 1. The maximum absolute atomic E-state index is 13.5. The van der Waals surface area contributed by atoms with Crippen molar-refractivity contribution in [1.29, 1.82) is 0 Å². The lowest BCUT2D eigenvalue weighted by Crippen LogP contribution is -2.44. The second kappa shape index (κ2) is 9.82. The van der Waals surface area contributed by atoms with Gasteiger partial charge in [-0.1, -0.05) is 54.6 Å². The third-order valence-corrected chi connectivity index (χ3v) is 6.18. The fourth-order valence-corrected chi connectivity index (χ4v) is 4.72. The first-order chi connectivity index (χ1) is 17.0. The number of para-hydroxylation sites is 2. The van der Waals surface area contributed by atoms with Crippen LogP contribution in [0.5, 0.6) is 0 Å². The molecule has 0 saturated carbocycles. The van der Waals surface area contributed by atoms with Crippen LogP contribution < -0.4 is 10.9 Å². The molecule has 2 heterocycles. The third-order valence-electron chi connectivity index (χ3n) is 6.18. The Morgan fingerprint density at radius 1 is 0.914 bits per heavy atom. The first-order valence-electron chi connectivity index (χ1n) is 11.8. The Morgan fingerprint density at radius 2 is 1.54 bits per heavy atom. The lowest BCUT2D eigenvalue weighted by atomic mass is 10.1. The Morgan fingerprint density at radius 3 is 2.29 bits per heavy atom. The number of anilines is 1. The van der Waals surface area contributed by atoms with Gasteiger partial charge in [-0.25, -0.2) is 0 Å². The topological polar surface area (TPSA) is 76.5 Å². The molecule has 0 spiro atoms. The van der Waals surface area contributed by atoms with Crippen molar-refractivity contribution in [1.82, 2.24) is 14.7 Å². The number of hydrogen-bond donors (Lipinski definition) is 1. The highest BCUT2D eigenvalue weighted by atomic mass is 16.5. The molecule has 7 nitrogen and oxygen atoms in total. The molecule has 7 heteroatoms. The molecule has 1 amide bonds. The van der Waals surface area contributed by atoms with E-state index in [1.165, 1.54) is 4.68 Å². The summed E-state index contributed by atoms with van der Waals surface area (Å²) in [7, 11) is 0. The lowest BCUT2D eigenvalue weighted by Gasteiger charge is -2.35. The first-order valence-corrected chi connectivity index (χ1v) is 11.8. The number of nitrogens with zero attached hydrogens (tertiary/aromatic N) is 3. The summed E-state index contributed by atoms with van der Waals surface area (Å²) < 4.78 is 7.15. The van der Waals surface area contributed by atoms with Crippen molar-refractivity contribution in [2.75, 3.05) is 18.4 Å². The van der Waals surface area contributed by atoms with Crippen molar-refractivity contribution >= 4 is 22.4 Å². The van der Waals surface area contributed by atoms with Crippen molar-refractivity contribution in [3.63, 3.8) is 0 Å². The van der Waals surface area contributed by atoms with Crippen LogP contribution in [0.15, 0.2) is 83.7 Å². The molecule has 178 valence electrons. The van der Waals surface area contributed by atoms with E-state index < -0.39 is 0 Å². The largest absolute Gasteiger partial charge is 0.373 e. The highest BCUT2D eigenvalue weighted by Crippen LogP contribution is 2.22. The zero-order valence-electron chi connectivity index (χ0n) is 19.8.